The minimum Gasteiger partial charge on any atom is -0.388 e. The van der Waals surface area contributed by atoms with Gasteiger partial charge in [-0.25, -0.2) is 0 Å². The van der Waals surface area contributed by atoms with Crippen molar-refractivity contribution in [2.75, 3.05) is 0 Å². The Kier molecular flexibility index (Phi) is 6.35. The summed E-state index contributed by atoms with van der Waals surface area (Å²) in [7, 11) is 0. The number of hydrogen-bond acceptors (Lipinski definition) is 1. The highest BCUT2D eigenvalue weighted by Gasteiger charge is 1.98. The Morgan fingerprint density at radius 1 is 1.40 bits per heavy atom. The molecule has 0 aliphatic heterocycles. The van der Waals surface area contributed by atoms with Crippen LogP contribution in [0, 0.1) is 0 Å². The molecule has 0 radical (unpaired) electrons. The van der Waals surface area contributed by atoms with Gasteiger partial charge in [0.2, 0.25) is 0 Å². The highest BCUT2D eigenvalue weighted by atomic mass is 14.9. The van der Waals surface area contributed by atoms with Crippen LogP contribution in [0.1, 0.15) is 40.0 Å². The van der Waals surface area contributed by atoms with E-state index in [1.54, 1.807) is 0 Å². The SMILES string of the molecule is C/C=C/NC(CC)CCC. The molecule has 0 rings (SSSR count). The minimum absolute atomic E-state index is 0.682. The molecule has 0 bridgehead atoms. The zero-order valence-corrected chi connectivity index (χ0v) is 7.35. The summed E-state index contributed by atoms with van der Waals surface area (Å²) in [6.45, 7) is 6.47. The Morgan fingerprint density at radius 3 is 2.50 bits per heavy atom. The first-order valence-corrected chi connectivity index (χ1v) is 4.22. The number of nitrogens with one attached hydrogen (secondary N) is 1. The van der Waals surface area contributed by atoms with Gasteiger partial charge in [-0.05, 0) is 26.0 Å². The maximum absolute atomic E-state index is 3.34. The fourth-order valence-electron chi connectivity index (χ4n) is 0.986. The Balaban J connectivity index is 3.39. The molecule has 1 unspecified atom stereocenters. The van der Waals surface area contributed by atoms with E-state index in [1.807, 2.05) is 19.2 Å². The zero-order valence-electron chi connectivity index (χ0n) is 7.35. The van der Waals surface area contributed by atoms with E-state index in [0.717, 1.165) is 0 Å². The van der Waals surface area contributed by atoms with Crippen LogP contribution < -0.4 is 5.32 Å². The third-order valence-electron chi connectivity index (χ3n) is 1.63. The van der Waals surface area contributed by atoms with Crippen LogP contribution in [-0.4, -0.2) is 6.04 Å². The average molecular weight is 141 g/mol. The molecule has 1 atom stereocenters. The molecule has 0 spiro atoms. The molecular weight excluding hydrogens is 122 g/mol. The van der Waals surface area contributed by atoms with E-state index < -0.39 is 0 Å². The molecule has 0 aliphatic rings. The Bertz CT molecular complexity index is 86.7. The largest absolute Gasteiger partial charge is 0.388 e. The predicted molar refractivity (Wildman–Crippen MR) is 46.9 cm³/mol. The van der Waals surface area contributed by atoms with E-state index in [4.69, 9.17) is 0 Å². The lowest BCUT2D eigenvalue weighted by Crippen LogP contribution is -2.22. The first-order chi connectivity index (χ1) is 4.85. The van der Waals surface area contributed by atoms with Crippen LogP contribution in [0.2, 0.25) is 0 Å². The van der Waals surface area contributed by atoms with Crippen LogP contribution in [0.5, 0.6) is 0 Å². The smallest absolute Gasteiger partial charge is 0.0252 e. The maximum atomic E-state index is 3.34. The lowest BCUT2D eigenvalue weighted by Gasteiger charge is -2.13. The van der Waals surface area contributed by atoms with Gasteiger partial charge in [-0.1, -0.05) is 26.3 Å². The van der Waals surface area contributed by atoms with Gasteiger partial charge in [-0.3, -0.25) is 0 Å². The van der Waals surface area contributed by atoms with Gasteiger partial charge in [0.25, 0.3) is 0 Å². The van der Waals surface area contributed by atoms with Crippen molar-refractivity contribution < 1.29 is 0 Å². The summed E-state index contributed by atoms with van der Waals surface area (Å²) in [4.78, 5) is 0. The summed E-state index contributed by atoms with van der Waals surface area (Å²) in [5.74, 6) is 0. The van der Waals surface area contributed by atoms with E-state index in [-0.39, 0.29) is 0 Å². The predicted octanol–water partition coefficient (Wildman–Crippen LogP) is 2.69. The average Bonchev–Trinajstić information content (AvgIpc) is 1.98. The van der Waals surface area contributed by atoms with Gasteiger partial charge in [0.05, 0.1) is 0 Å². The van der Waals surface area contributed by atoms with Crippen molar-refractivity contribution in [3.63, 3.8) is 0 Å². The van der Waals surface area contributed by atoms with Gasteiger partial charge in [-0.2, -0.15) is 0 Å². The molecule has 0 aromatic heterocycles. The highest BCUT2D eigenvalue weighted by molar-refractivity contribution is 4.78. The molecule has 0 saturated heterocycles. The third-order valence-corrected chi connectivity index (χ3v) is 1.63. The van der Waals surface area contributed by atoms with E-state index in [2.05, 4.69) is 19.2 Å². The normalized spacial score (nSPS) is 13.9. The second kappa shape index (κ2) is 6.66. The summed E-state index contributed by atoms with van der Waals surface area (Å²) in [6.07, 6.45) is 7.84. The van der Waals surface area contributed by atoms with Crippen molar-refractivity contribution in [3.8, 4) is 0 Å². The number of hydrogen-bond donors (Lipinski definition) is 1. The molecule has 0 aromatic rings. The molecule has 0 aromatic carbocycles. The van der Waals surface area contributed by atoms with Crippen LogP contribution in [0.4, 0.5) is 0 Å². The van der Waals surface area contributed by atoms with Gasteiger partial charge in [-0.15, -0.1) is 0 Å². The standard InChI is InChI=1S/C9H19N/c1-4-7-9(6-3)10-8-5-2/h5,8-10H,4,6-7H2,1-3H3/b8-5+. The van der Waals surface area contributed by atoms with E-state index in [0.29, 0.717) is 6.04 Å². The van der Waals surface area contributed by atoms with Gasteiger partial charge < -0.3 is 5.32 Å². The summed E-state index contributed by atoms with van der Waals surface area (Å²) in [5, 5.41) is 3.34. The van der Waals surface area contributed by atoms with Crippen molar-refractivity contribution in [3.05, 3.63) is 12.3 Å². The van der Waals surface area contributed by atoms with Crippen molar-refractivity contribution in [1.82, 2.24) is 5.32 Å². The summed E-state index contributed by atoms with van der Waals surface area (Å²) in [5.41, 5.74) is 0. The Morgan fingerprint density at radius 2 is 2.10 bits per heavy atom. The molecule has 0 fully saturated rings. The molecule has 10 heavy (non-hydrogen) atoms. The third kappa shape index (κ3) is 4.42. The molecule has 0 aliphatic carbocycles. The summed E-state index contributed by atoms with van der Waals surface area (Å²) in [6, 6.07) is 0.682. The van der Waals surface area contributed by atoms with Crippen molar-refractivity contribution >= 4 is 0 Å². The summed E-state index contributed by atoms with van der Waals surface area (Å²) >= 11 is 0. The maximum Gasteiger partial charge on any atom is 0.0252 e. The zero-order chi connectivity index (χ0) is 7.82. The lowest BCUT2D eigenvalue weighted by molar-refractivity contribution is 0.520. The monoisotopic (exact) mass is 141 g/mol. The molecule has 0 saturated carbocycles. The number of rotatable bonds is 5. The second-order valence-corrected chi connectivity index (χ2v) is 2.56. The quantitative estimate of drug-likeness (QED) is 0.620. The van der Waals surface area contributed by atoms with Gasteiger partial charge in [0.15, 0.2) is 0 Å². The first-order valence-electron chi connectivity index (χ1n) is 4.22. The minimum atomic E-state index is 0.682. The molecule has 1 N–H and O–H groups in total. The highest BCUT2D eigenvalue weighted by Crippen LogP contribution is 1.99. The van der Waals surface area contributed by atoms with Crippen molar-refractivity contribution in [1.29, 1.82) is 0 Å². The first kappa shape index (κ1) is 9.54. The lowest BCUT2D eigenvalue weighted by atomic mass is 10.1. The van der Waals surface area contributed by atoms with E-state index in [9.17, 15) is 0 Å². The van der Waals surface area contributed by atoms with Crippen LogP contribution in [0.25, 0.3) is 0 Å². The summed E-state index contributed by atoms with van der Waals surface area (Å²) < 4.78 is 0. The fourth-order valence-corrected chi connectivity index (χ4v) is 0.986. The fraction of sp³-hybridized carbons (Fsp3) is 0.778. The number of allylic oxidation sites excluding steroid dienone is 1. The van der Waals surface area contributed by atoms with Crippen LogP contribution >= 0.6 is 0 Å². The van der Waals surface area contributed by atoms with E-state index >= 15 is 0 Å². The van der Waals surface area contributed by atoms with E-state index in [1.165, 1.54) is 19.3 Å². The Labute approximate surface area is 64.5 Å². The van der Waals surface area contributed by atoms with Crippen molar-refractivity contribution in [2.24, 2.45) is 0 Å². The van der Waals surface area contributed by atoms with Crippen LogP contribution in [-0.2, 0) is 0 Å². The van der Waals surface area contributed by atoms with Gasteiger partial charge in [0, 0.05) is 6.04 Å². The second-order valence-electron chi connectivity index (χ2n) is 2.56. The van der Waals surface area contributed by atoms with Crippen molar-refractivity contribution in [2.45, 2.75) is 46.1 Å². The molecule has 0 heterocycles. The topological polar surface area (TPSA) is 12.0 Å². The molecule has 60 valence electrons. The van der Waals surface area contributed by atoms with Crippen LogP contribution in [0.3, 0.4) is 0 Å². The molecular formula is C9H19N. The van der Waals surface area contributed by atoms with Crippen LogP contribution in [0.15, 0.2) is 12.3 Å². The van der Waals surface area contributed by atoms with Gasteiger partial charge >= 0.3 is 0 Å². The molecule has 1 heteroatoms. The van der Waals surface area contributed by atoms with Gasteiger partial charge in [0.1, 0.15) is 0 Å². The molecule has 0 amide bonds. The Hall–Kier alpha value is -0.460. The molecule has 1 nitrogen and oxygen atoms in total.